The number of carbonyl (C=O) groups is 2. The van der Waals surface area contributed by atoms with Crippen molar-refractivity contribution in [3.05, 3.63) is 107 Å². The summed E-state index contributed by atoms with van der Waals surface area (Å²) in [7, 11) is 0. The number of nitrogens with zero attached hydrogens (tertiary/aromatic N) is 3. The van der Waals surface area contributed by atoms with Crippen molar-refractivity contribution in [1.82, 2.24) is 19.9 Å². The molecule has 0 aliphatic rings. The Morgan fingerprint density at radius 1 is 1.03 bits per heavy atom. The second kappa shape index (κ2) is 10.5. The summed E-state index contributed by atoms with van der Waals surface area (Å²) in [6, 6.07) is 18.4. The lowest BCUT2D eigenvalue weighted by Gasteiger charge is -2.14. The van der Waals surface area contributed by atoms with Gasteiger partial charge in [0.25, 0.3) is 5.91 Å². The molecule has 0 radical (unpaired) electrons. The van der Waals surface area contributed by atoms with Crippen LogP contribution in [-0.2, 0) is 17.8 Å². The highest BCUT2D eigenvalue weighted by Crippen LogP contribution is 2.20. The quantitative estimate of drug-likeness (QED) is 0.293. The Hall–Kier alpha value is -4.63. The molecule has 0 saturated heterocycles. The van der Waals surface area contributed by atoms with Gasteiger partial charge in [0.15, 0.2) is 5.65 Å². The van der Waals surface area contributed by atoms with E-state index in [1.807, 2.05) is 18.2 Å². The fraction of sp³-hybridized carbons (Fsp3) is 0.111. The van der Waals surface area contributed by atoms with E-state index in [-0.39, 0.29) is 12.1 Å². The Morgan fingerprint density at radius 3 is 2.51 bits per heavy atom. The molecule has 9 nitrogen and oxygen atoms in total. The van der Waals surface area contributed by atoms with Crippen LogP contribution in [0.2, 0.25) is 5.02 Å². The molecule has 0 saturated carbocycles. The van der Waals surface area contributed by atoms with Crippen LogP contribution < -0.4 is 10.1 Å². The van der Waals surface area contributed by atoms with E-state index in [2.05, 4.69) is 15.4 Å². The maximum absolute atomic E-state index is 12.8. The number of imidazole rings is 1. The maximum Gasteiger partial charge on any atom is 0.326 e. The average Bonchev–Trinajstić information content (AvgIpc) is 3.58. The third-order valence-corrected chi connectivity index (χ3v) is 5.90. The van der Waals surface area contributed by atoms with Crippen molar-refractivity contribution >= 4 is 29.1 Å². The lowest BCUT2D eigenvalue weighted by molar-refractivity contribution is -0.139. The molecule has 5 aromatic rings. The van der Waals surface area contributed by atoms with Gasteiger partial charge in [-0.3, -0.25) is 4.79 Å². The number of aromatic nitrogens is 3. The van der Waals surface area contributed by atoms with E-state index in [4.69, 9.17) is 20.8 Å². The highest BCUT2D eigenvalue weighted by molar-refractivity contribution is 6.30. The van der Waals surface area contributed by atoms with Gasteiger partial charge in [-0.25, -0.2) is 14.3 Å². The number of aliphatic carboxylic acids is 1. The third kappa shape index (κ3) is 5.79. The van der Waals surface area contributed by atoms with Crippen molar-refractivity contribution in [1.29, 1.82) is 0 Å². The zero-order valence-electron chi connectivity index (χ0n) is 19.4. The standard InChI is InChI=1S/C27H21ClN4O5/c28-20-5-3-19(4-6-20)22-9-10-25-29-24(14-32(25)31-22)26(33)30-23(27(34)35)13-17-1-7-21(8-2-17)37-16-18-11-12-36-15-18/h1-12,14-15,23H,13,16H2,(H,30,33)(H,34,35). The minimum Gasteiger partial charge on any atom is -0.489 e. The number of carbonyl (C=O) groups excluding carboxylic acids is 1. The third-order valence-electron chi connectivity index (χ3n) is 5.64. The summed E-state index contributed by atoms with van der Waals surface area (Å²) in [5.41, 5.74) is 3.69. The smallest absolute Gasteiger partial charge is 0.326 e. The zero-order chi connectivity index (χ0) is 25.8. The Balaban J connectivity index is 1.25. The first-order valence-electron chi connectivity index (χ1n) is 11.3. The molecule has 3 aromatic heterocycles. The lowest BCUT2D eigenvalue weighted by atomic mass is 10.1. The van der Waals surface area contributed by atoms with Crippen LogP contribution in [0, 0.1) is 0 Å². The number of halogens is 1. The minimum atomic E-state index is -1.15. The molecular formula is C27H21ClN4O5. The molecule has 37 heavy (non-hydrogen) atoms. The molecule has 0 aliphatic carbocycles. The number of carboxylic acid groups (broad SMARTS) is 1. The van der Waals surface area contributed by atoms with E-state index in [9.17, 15) is 14.7 Å². The fourth-order valence-corrected chi connectivity index (χ4v) is 3.82. The van der Waals surface area contributed by atoms with Crippen LogP contribution >= 0.6 is 11.6 Å². The summed E-state index contributed by atoms with van der Waals surface area (Å²) >= 11 is 5.95. The molecule has 0 aliphatic heterocycles. The zero-order valence-corrected chi connectivity index (χ0v) is 20.1. The second-order valence-corrected chi connectivity index (χ2v) is 8.72. The van der Waals surface area contributed by atoms with E-state index in [1.54, 1.807) is 61.1 Å². The van der Waals surface area contributed by atoms with Crippen LogP contribution in [0.1, 0.15) is 21.6 Å². The summed E-state index contributed by atoms with van der Waals surface area (Å²) in [5.74, 6) is -1.12. The fourth-order valence-electron chi connectivity index (χ4n) is 3.70. The number of furan rings is 1. The molecule has 186 valence electrons. The van der Waals surface area contributed by atoms with Gasteiger partial charge in [0, 0.05) is 22.6 Å². The molecule has 0 fully saturated rings. The Morgan fingerprint density at radius 2 is 1.81 bits per heavy atom. The van der Waals surface area contributed by atoms with E-state index >= 15 is 0 Å². The molecule has 3 heterocycles. The first-order chi connectivity index (χ1) is 17.9. The van der Waals surface area contributed by atoms with E-state index in [0.717, 1.165) is 16.7 Å². The molecule has 0 bridgehead atoms. The van der Waals surface area contributed by atoms with Crippen molar-refractivity contribution in [2.75, 3.05) is 0 Å². The number of fused-ring (bicyclic) bond motifs is 1. The SMILES string of the molecule is O=C(NC(Cc1ccc(OCc2ccoc2)cc1)C(=O)O)c1cn2nc(-c3ccc(Cl)cc3)ccc2n1. The van der Waals surface area contributed by atoms with Gasteiger partial charge in [-0.2, -0.15) is 5.10 Å². The number of carboxylic acids is 1. The number of hydrogen-bond acceptors (Lipinski definition) is 6. The molecule has 1 unspecified atom stereocenters. The van der Waals surface area contributed by atoms with Gasteiger partial charge in [-0.05, 0) is 48.0 Å². The number of rotatable bonds is 9. The van der Waals surface area contributed by atoms with E-state index in [0.29, 0.717) is 28.7 Å². The summed E-state index contributed by atoms with van der Waals surface area (Å²) in [4.78, 5) is 29.0. The van der Waals surface area contributed by atoms with Crippen molar-refractivity contribution < 1.29 is 23.8 Å². The summed E-state index contributed by atoms with van der Waals surface area (Å²) < 4.78 is 12.2. The first kappa shape index (κ1) is 24.1. The molecule has 1 amide bonds. The van der Waals surface area contributed by atoms with Gasteiger partial charge in [-0.15, -0.1) is 0 Å². The van der Waals surface area contributed by atoms with Gasteiger partial charge >= 0.3 is 5.97 Å². The number of nitrogens with one attached hydrogen (secondary N) is 1. The van der Waals surface area contributed by atoms with E-state index in [1.165, 1.54) is 10.7 Å². The number of amides is 1. The summed E-state index contributed by atoms with van der Waals surface area (Å²) in [6.45, 7) is 0.360. The van der Waals surface area contributed by atoms with Crippen LogP contribution in [0.4, 0.5) is 0 Å². The largest absolute Gasteiger partial charge is 0.489 e. The Labute approximate surface area is 216 Å². The topological polar surface area (TPSA) is 119 Å². The molecular weight excluding hydrogens is 496 g/mol. The van der Waals surface area contributed by atoms with Crippen molar-refractivity contribution in [3.8, 4) is 17.0 Å². The highest BCUT2D eigenvalue weighted by atomic mass is 35.5. The predicted octanol–water partition coefficient (Wildman–Crippen LogP) is 4.65. The summed E-state index contributed by atoms with van der Waals surface area (Å²) in [5, 5.41) is 17.4. The van der Waals surface area contributed by atoms with Gasteiger partial charge in [-0.1, -0.05) is 35.9 Å². The van der Waals surface area contributed by atoms with Crippen LogP contribution in [0.3, 0.4) is 0 Å². The van der Waals surface area contributed by atoms with E-state index < -0.39 is 17.9 Å². The van der Waals surface area contributed by atoms with Gasteiger partial charge in [0.05, 0.1) is 24.4 Å². The Kier molecular flexibility index (Phi) is 6.87. The van der Waals surface area contributed by atoms with Gasteiger partial charge in [0.2, 0.25) is 0 Å². The van der Waals surface area contributed by atoms with Crippen LogP contribution in [0.5, 0.6) is 5.75 Å². The summed E-state index contributed by atoms with van der Waals surface area (Å²) in [6.07, 6.45) is 4.74. The normalized spacial score (nSPS) is 11.8. The highest BCUT2D eigenvalue weighted by Gasteiger charge is 2.23. The Bertz CT molecular complexity index is 1530. The number of benzene rings is 2. The maximum atomic E-state index is 12.8. The van der Waals surface area contributed by atoms with Crippen LogP contribution in [0.25, 0.3) is 16.9 Å². The minimum absolute atomic E-state index is 0.0648. The monoisotopic (exact) mass is 516 g/mol. The molecule has 0 spiro atoms. The van der Waals surface area contributed by atoms with Crippen molar-refractivity contribution in [3.63, 3.8) is 0 Å². The van der Waals surface area contributed by atoms with Gasteiger partial charge < -0.3 is 19.6 Å². The molecule has 2 N–H and O–H groups in total. The van der Waals surface area contributed by atoms with Crippen molar-refractivity contribution in [2.45, 2.75) is 19.1 Å². The average molecular weight is 517 g/mol. The second-order valence-electron chi connectivity index (χ2n) is 8.29. The van der Waals surface area contributed by atoms with Gasteiger partial charge in [0.1, 0.15) is 24.1 Å². The van der Waals surface area contributed by atoms with Crippen molar-refractivity contribution in [2.24, 2.45) is 0 Å². The lowest BCUT2D eigenvalue weighted by Crippen LogP contribution is -2.42. The van der Waals surface area contributed by atoms with Crippen LogP contribution in [0.15, 0.2) is 89.9 Å². The molecule has 1 atom stereocenters. The first-order valence-corrected chi connectivity index (χ1v) is 11.7. The number of ether oxygens (including phenoxy) is 1. The number of hydrogen-bond donors (Lipinski definition) is 2. The molecule has 5 rings (SSSR count). The molecule has 10 heteroatoms. The predicted molar refractivity (Wildman–Crippen MR) is 136 cm³/mol. The molecule has 2 aromatic carbocycles. The van der Waals surface area contributed by atoms with Crippen LogP contribution in [-0.4, -0.2) is 37.6 Å².